The Balaban J connectivity index is 2.07. The zero-order valence-corrected chi connectivity index (χ0v) is 16.5. The molecule has 10 heteroatoms. The number of hydrogen-bond acceptors (Lipinski definition) is 4. The number of methoxy groups -OCH3 is 1. The summed E-state index contributed by atoms with van der Waals surface area (Å²) < 4.78 is 71.6. The van der Waals surface area contributed by atoms with E-state index in [4.69, 9.17) is 4.74 Å². The fourth-order valence-corrected chi connectivity index (χ4v) is 4.77. The van der Waals surface area contributed by atoms with E-state index in [1.165, 1.54) is 43.5 Å². The molecule has 29 heavy (non-hydrogen) atoms. The van der Waals surface area contributed by atoms with Crippen LogP contribution in [0.3, 0.4) is 0 Å². The van der Waals surface area contributed by atoms with Crippen LogP contribution in [0.4, 0.5) is 13.2 Å². The number of amides is 1. The molecule has 6 nitrogen and oxygen atoms in total. The van der Waals surface area contributed by atoms with Crippen molar-refractivity contribution < 1.29 is 31.1 Å². The van der Waals surface area contributed by atoms with E-state index in [0.717, 1.165) is 9.87 Å². The molecular formula is C19H19F3N2O4S. The van der Waals surface area contributed by atoms with Crippen molar-refractivity contribution in [1.82, 2.24) is 9.21 Å². The molecule has 1 fully saturated rings. The number of rotatable bonds is 4. The Kier molecular flexibility index (Phi) is 5.59. The third-order valence-corrected chi connectivity index (χ3v) is 6.54. The van der Waals surface area contributed by atoms with Crippen LogP contribution in [0.1, 0.15) is 17.3 Å². The Morgan fingerprint density at radius 1 is 1.03 bits per heavy atom. The van der Waals surface area contributed by atoms with Gasteiger partial charge in [-0.3, -0.25) is 4.79 Å². The van der Waals surface area contributed by atoms with E-state index in [1.54, 1.807) is 19.1 Å². The van der Waals surface area contributed by atoms with Gasteiger partial charge in [-0.25, -0.2) is 8.42 Å². The van der Waals surface area contributed by atoms with Gasteiger partial charge in [-0.15, -0.1) is 0 Å². The van der Waals surface area contributed by atoms with Crippen molar-refractivity contribution in [3.05, 3.63) is 59.7 Å². The third-order valence-electron chi connectivity index (χ3n) is 4.67. The molecule has 0 saturated carbocycles. The molecule has 1 saturated heterocycles. The Hall–Kier alpha value is -2.59. The number of sulfonamides is 1. The van der Waals surface area contributed by atoms with Crippen LogP contribution in [0.15, 0.2) is 53.4 Å². The summed E-state index contributed by atoms with van der Waals surface area (Å²) in [7, 11) is -2.71. The maximum Gasteiger partial charge on any atom is 0.471 e. The van der Waals surface area contributed by atoms with Crippen LogP contribution in [0.25, 0.3) is 0 Å². The number of carbonyl (C=O) groups excluding carboxylic acids is 1. The summed E-state index contributed by atoms with van der Waals surface area (Å²) in [5, 5.41) is 0. The highest BCUT2D eigenvalue weighted by Crippen LogP contribution is 2.38. The Morgan fingerprint density at radius 2 is 1.62 bits per heavy atom. The molecule has 0 bridgehead atoms. The second kappa shape index (κ2) is 7.68. The highest BCUT2D eigenvalue weighted by atomic mass is 32.2. The first kappa shape index (κ1) is 21.1. The van der Waals surface area contributed by atoms with Gasteiger partial charge in [-0.1, -0.05) is 29.8 Å². The Bertz CT molecular complexity index is 990. The molecule has 1 amide bonds. The predicted molar refractivity (Wildman–Crippen MR) is 98.6 cm³/mol. The lowest BCUT2D eigenvalue weighted by Gasteiger charge is -2.30. The van der Waals surface area contributed by atoms with Gasteiger partial charge in [0.05, 0.1) is 12.0 Å². The maximum absolute atomic E-state index is 13.2. The first-order chi connectivity index (χ1) is 13.6. The van der Waals surface area contributed by atoms with Gasteiger partial charge >= 0.3 is 12.1 Å². The quantitative estimate of drug-likeness (QED) is 0.751. The SMILES string of the molecule is COc1ccc([C@H]2N(C(=O)C(F)(F)F)CCN2S(=O)(=O)c2ccc(C)cc2)cc1. The van der Waals surface area contributed by atoms with Gasteiger partial charge in [0, 0.05) is 13.1 Å². The van der Waals surface area contributed by atoms with Gasteiger partial charge in [-0.2, -0.15) is 17.5 Å². The number of halogens is 3. The topological polar surface area (TPSA) is 66.9 Å². The lowest BCUT2D eigenvalue weighted by atomic mass is 10.1. The highest BCUT2D eigenvalue weighted by Gasteiger charge is 2.51. The maximum atomic E-state index is 13.2. The minimum Gasteiger partial charge on any atom is -0.497 e. The Morgan fingerprint density at radius 3 is 2.14 bits per heavy atom. The van der Waals surface area contributed by atoms with Gasteiger partial charge in [0.15, 0.2) is 0 Å². The number of hydrogen-bond donors (Lipinski definition) is 0. The lowest BCUT2D eigenvalue weighted by Crippen LogP contribution is -2.43. The summed E-state index contributed by atoms with van der Waals surface area (Å²) in [5.74, 6) is -1.63. The molecule has 0 N–H and O–H groups in total. The van der Waals surface area contributed by atoms with E-state index >= 15 is 0 Å². The summed E-state index contributed by atoms with van der Waals surface area (Å²) in [6.45, 7) is 1.16. The summed E-state index contributed by atoms with van der Waals surface area (Å²) in [4.78, 5) is 12.5. The lowest BCUT2D eigenvalue weighted by molar-refractivity contribution is -0.187. The average Bonchev–Trinajstić information content (AvgIpc) is 3.12. The van der Waals surface area contributed by atoms with Crippen LogP contribution in [0.2, 0.25) is 0 Å². The zero-order chi connectivity index (χ0) is 21.4. The second-order valence-corrected chi connectivity index (χ2v) is 8.46. The fraction of sp³-hybridized carbons (Fsp3) is 0.316. The van der Waals surface area contributed by atoms with Crippen LogP contribution in [0, 0.1) is 6.92 Å². The molecular weight excluding hydrogens is 409 g/mol. The van der Waals surface area contributed by atoms with Crippen LogP contribution in [-0.4, -0.2) is 49.9 Å². The zero-order valence-electron chi connectivity index (χ0n) is 15.7. The smallest absolute Gasteiger partial charge is 0.471 e. The van der Waals surface area contributed by atoms with E-state index in [0.29, 0.717) is 10.6 Å². The van der Waals surface area contributed by atoms with E-state index < -0.39 is 28.3 Å². The second-order valence-electron chi connectivity index (χ2n) is 6.57. The van der Waals surface area contributed by atoms with Gasteiger partial charge in [0.2, 0.25) is 10.0 Å². The van der Waals surface area contributed by atoms with Crippen LogP contribution in [0.5, 0.6) is 5.75 Å². The van der Waals surface area contributed by atoms with E-state index in [2.05, 4.69) is 0 Å². The first-order valence-corrected chi connectivity index (χ1v) is 10.1. The molecule has 2 aromatic rings. The van der Waals surface area contributed by atoms with Gasteiger partial charge in [0.25, 0.3) is 0 Å². The monoisotopic (exact) mass is 428 g/mol. The number of benzene rings is 2. The Labute approximate surface area is 166 Å². The summed E-state index contributed by atoms with van der Waals surface area (Å²) in [6, 6.07) is 11.9. The van der Waals surface area contributed by atoms with Crippen molar-refractivity contribution in [2.45, 2.75) is 24.2 Å². The van der Waals surface area contributed by atoms with Crippen molar-refractivity contribution in [2.24, 2.45) is 0 Å². The summed E-state index contributed by atoms with van der Waals surface area (Å²) in [6.07, 6.45) is -6.53. The van der Waals surface area contributed by atoms with Crippen LogP contribution < -0.4 is 4.74 Å². The van der Waals surface area contributed by atoms with Gasteiger partial charge in [0.1, 0.15) is 11.9 Å². The van der Waals surface area contributed by atoms with E-state index in [1.807, 2.05) is 0 Å². The minimum absolute atomic E-state index is 0.0529. The van der Waals surface area contributed by atoms with Crippen molar-refractivity contribution in [1.29, 1.82) is 0 Å². The van der Waals surface area contributed by atoms with Crippen molar-refractivity contribution in [3.63, 3.8) is 0 Å². The molecule has 1 aliphatic heterocycles. The summed E-state index contributed by atoms with van der Waals surface area (Å²) >= 11 is 0. The molecule has 0 unspecified atom stereocenters. The predicted octanol–water partition coefficient (Wildman–Crippen LogP) is 3.10. The number of aryl methyl sites for hydroxylation is 1. The van der Waals surface area contributed by atoms with Gasteiger partial charge < -0.3 is 9.64 Å². The number of ether oxygens (including phenoxy) is 1. The molecule has 3 rings (SSSR count). The van der Waals surface area contributed by atoms with Crippen LogP contribution in [-0.2, 0) is 14.8 Å². The normalized spacial score (nSPS) is 18.1. The fourth-order valence-electron chi connectivity index (χ4n) is 3.20. The van der Waals surface area contributed by atoms with Crippen molar-refractivity contribution >= 4 is 15.9 Å². The molecule has 156 valence electrons. The number of alkyl halides is 3. The average molecular weight is 428 g/mol. The summed E-state index contributed by atoms with van der Waals surface area (Å²) in [5.41, 5.74) is 1.07. The molecule has 1 atom stereocenters. The number of nitrogens with zero attached hydrogens (tertiary/aromatic N) is 2. The molecule has 0 spiro atoms. The number of carbonyl (C=O) groups is 1. The highest BCUT2D eigenvalue weighted by molar-refractivity contribution is 7.89. The van der Waals surface area contributed by atoms with E-state index in [-0.39, 0.29) is 23.5 Å². The van der Waals surface area contributed by atoms with Crippen molar-refractivity contribution in [2.75, 3.05) is 20.2 Å². The molecule has 0 aromatic heterocycles. The molecule has 1 heterocycles. The van der Waals surface area contributed by atoms with Crippen molar-refractivity contribution in [3.8, 4) is 5.75 Å². The first-order valence-electron chi connectivity index (χ1n) is 8.66. The minimum atomic E-state index is -5.12. The standard InChI is InChI=1S/C19H19F3N2O4S/c1-13-3-9-16(10-4-13)29(26,27)24-12-11-23(18(25)19(20,21)22)17(24)14-5-7-15(28-2)8-6-14/h3-10,17H,11-12H2,1-2H3/t17-/m0/s1. The molecule has 2 aromatic carbocycles. The van der Waals surface area contributed by atoms with Gasteiger partial charge in [-0.05, 0) is 36.8 Å². The van der Waals surface area contributed by atoms with Crippen LogP contribution >= 0.6 is 0 Å². The largest absolute Gasteiger partial charge is 0.497 e. The third kappa shape index (κ3) is 4.08. The molecule has 0 radical (unpaired) electrons. The molecule has 1 aliphatic rings. The molecule has 0 aliphatic carbocycles. The van der Waals surface area contributed by atoms with E-state index in [9.17, 15) is 26.4 Å².